The molecule has 1 aromatic rings. The molecule has 0 radical (unpaired) electrons. The van der Waals surface area contributed by atoms with Gasteiger partial charge < -0.3 is 15.7 Å². The number of rotatable bonds is 4. The molecule has 1 aromatic heterocycles. The van der Waals surface area contributed by atoms with Gasteiger partial charge in [-0.25, -0.2) is 4.68 Å². The fourth-order valence-corrected chi connectivity index (χ4v) is 5.01. The molecule has 1 amide bonds. The molecule has 2 saturated heterocycles. The molecule has 9 nitrogen and oxygen atoms in total. The van der Waals surface area contributed by atoms with Crippen LogP contribution in [0.4, 0.5) is 0 Å². The van der Waals surface area contributed by atoms with Crippen LogP contribution >= 0.6 is 35.9 Å². The van der Waals surface area contributed by atoms with E-state index in [1.54, 1.807) is 11.9 Å². The van der Waals surface area contributed by atoms with Crippen molar-refractivity contribution in [3.05, 3.63) is 0 Å². The van der Waals surface area contributed by atoms with Crippen molar-refractivity contribution in [2.24, 2.45) is 18.2 Å². The van der Waals surface area contributed by atoms with Crippen LogP contribution in [-0.4, -0.2) is 71.6 Å². The number of halogens is 1. The second-order valence-electron chi connectivity index (χ2n) is 5.15. The third-order valence-corrected chi connectivity index (χ3v) is 6.61. The number of nitrogens with zero attached hydrogens (tertiary/aromatic N) is 5. The molecule has 0 bridgehead atoms. The fraction of sp³-hybridized carbons (Fsp3) is 0.700. The SMILES string of the molecule is Cl.Cn1nnnc1SCC1(C(=O)O)CS[C@@H]2C(N)C(=O)N2C1. The summed E-state index contributed by atoms with van der Waals surface area (Å²) in [5, 5.41) is 21.1. The van der Waals surface area contributed by atoms with E-state index >= 15 is 0 Å². The Morgan fingerprint density at radius 1 is 1.64 bits per heavy atom. The van der Waals surface area contributed by atoms with Crippen LogP contribution in [0.1, 0.15) is 0 Å². The number of aryl methyl sites for hydroxylation is 1. The summed E-state index contributed by atoms with van der Waals surface area (Å²) in [5.41, 5.74) is 4.71. The monoisotopic (exact) mass is 366 g/mol. The zero-order valence-electron chi connectivity index (χ0n) is 11.6. The minimum absolute atomic E-state index is 0. The Morgan fingerprint density at radius 3 is 2.95 bits per heavy atom. The van der Waals surface area contributed by atoms with Crippen molar-refractivity contribution in [2.75, 3.05) is 18.1 Å². The number of hydrogen-bond acceptors (Lipinski definition) is 8. The van der Waals surface area contributed by atoms with Crippen LogP contribution in [0.2, 0.25) is 0 Å². The van der Waals surface area contributed by atoms with Crippen molar-refractivity contribution in [1.29, 1.82) is 0 Å². The Labute approximate surface area is 140 Å². The first-order valence-corrected chi connectivity index (χ1v) is 8.24. The largest absolute Gasteiger partial charge is 0.481 e. The summed E-state index contributed by atoms with van der Waals surface area (Å²) in [4.78, 5) is 25.0. The summed E-state index contributed by atoms with van der Waals surface area (Å²) < 4.78 is 1.49. The molecular formula is C10H15ClN6O3S2. The number of β-lactam (4-membered cyclic amide) rings is 1. The lowest BCUT2D eigenvalue weighted by atomic mass is 9.89. The van der Waals surface area contributed by atoms with E-state index in [4.69, 9.17) is 5.73 Å². The molecule has 3 N–H and O–H groups in total. The maximum atomic E-state index is 11.7. The average Bonchev–Trinajstić information content (AvgIpc) is 2.89. The third-order valence-electron chi connectivity index (χ3n) is 3.70. The van der Waals surface area contributed by atoms with Gasteiger partial charge in [-0.3, -0.25) is 9.59 Å². The summed E-state index contributed by atoms with van der Waals surface area (Å²) in [6, 6.07) is -0.502. The van der Waals surface area contributed by atoms with Gasteiger partial charge in [0.2, 0.25) is 11.1 Å². The Kier molecular flexibility index (Phi) is 4.90. The number of amides is 1. The van der Waals surface area contributed by atoms with Crippen molar-refractivity contribution in [2.45, 2.75) is 16.6 Å². The van der Waals surface area contributed by atoms with Gasteiger partial charge in [0.1, 0.15) is 16.8 Å². The van der Waals surface area contributed by atoms with Crippen LogP contribution in [0.5, 0.6) is 0 Å². The first kappa shape index (κ1) is 17.3. The summed E-state index contributed by atoms with van der Waals surface area (Å²) in [7, 11) is 1.69. The summed E-state index contributed by atoms with van der Waals surface area (Å²) >= 11 is 2.71. The van der Waals surface area contributed by atoms with E-state index in [9.17, 15) is 14.7 Å². The molecule has 3 atom stereocenters. The molecule has 2 aliphatic heterocycles. The standard InChI is InChI=1S/C10H14N6O3S2.ClH/c1-15-9(12-13-14-15)21-4-10(8(18)19)2-16-6(17)5(11)7(16)20-3-10;/h5,7H,2-4,11H2,1H3,(H,18,19);1H/t5?,7-,10?;/m1./s1. The van der Waals surface area contributed by atoms with E-state index in [0.29, 0.717) is 16.7 Å². The van der Waals surface area contributed by atoms with Crippen LogP contribution < -0.4 is 5.73 Å². The Hall–Kier alpha value is -1.04. The predicted octanol–water partition coefficient (Wildman–Crippen LogP) is -0.963. The zero-order chi connectivity index (χ0) is 15.2. The van der Waals surface area contributed by atoms with Gasteiger partial charge in [0.05, 0.1) is 0 Å². The second kappa shape index (κ2) is 6.22. The van der Waals surface area contributed by atoms with E-state index in [1.807, 2.05) is 0 Å². The number of carbonyl (C=O) groups is 2. The molecule has 3 rings (SSSR count). The quantitative estimate of drug-likeness (QED) is 0.511. The highest BCUT2D eigenvalue weighted by Gasteiger charge is 2.55. The van der Waals surface area contributed by atoms with Crippen molar-refractivity contribution in [3.8, 4) is 0 Å². The minimum atomic E-state index is -1.01. The Bertz CT molecular complexity index is 601. The molecule has 0 saturated carbocycles. The summed E-state index contributed by atoms with van der Waals surface area (Å²) in [6.45, 7) is 0.185. The molecule has 2 fully saturated rings. The maximum absolute atomic E-state index is 11.7. The average molecular weight is 367 g/mol. The molecule has 3 heterocycles. The molecule has 2 aliphatic rings. The number of carboxylic acid groups (broad SMARTS) is 1. The number of hydrogen-bond donors (Lipinski definition) is 2. The van der Waals surface area contributed by atoms with Crippen LogP contribution in [0.15, 0.2) is 5.16 Å². The third kappa shape index (κ3) is 2.66. The highest BCUT2D eigenvalue weighted by molar-refractivity contribution is 8.00. The highest BCUT2D eigenvalue weighted by Crippen LogP contribution is 2.43. The van der Waals surface area contributed by atoms with Gasteiger partial charge in [0.15, 0.2) is 0 Å². The topological polar surface area (TPSA) is 127 Å². The lowest BCUT2D eigenvalue weighted by Crippen LogP contribution is -2.72. The van der Waals surface area contributed by atoms with E-state index in [-0.39, 0.29) is 30.2 Å². The van der Waals surface area contributed by atoms with E-state index in [0.717, 1.165) is 0 Å². The lowest BCUT2D eigenvalue weighted by molar-refractivity contribution is -0.155. The molecular weight excluding hydrogens is 352 g/mol. The second-order valence-corrected chi connectivity index (χ2v) is 7.20. The van der Waals surface area contributed by atoms with Crippen LogP contribution in [0.3, 0.4) is 0 Å². The van der Waals surface area contributed by atoms with Gasteiger partial charge in [0, 0.05) is 25.1 Å². The number of carboxylic acids is 1. The van der Waals surface area contributed by atoms with Crippen LogP contribution in [0, 0.1) is 5.41 Å². The van der Waals surface area contributed by atoms with E-state index < -0.39 is 17.4 Å². The number of tetrazole rings is 1. The number of carbonyl (C=O) groups excluding carboxylic acids is 1. The highest BCUT2D eigenvalue weighted by atomic mass is 35.5. The van der Waals surface area contributed by atoms with Gasteiger partial charge in [-0.2, -0.15) is 0 Å². The number of aliphatic carboxylic acids is 1. The fourth-order valence-electron chi connectivity index (χ4n) is 2.35. The van der Waals surface area contributed by atoms with Crippen molar-refractivity contribution < 1.29 is 14.7 Å². The molecule has 122 valence electrons. The first-order chi connectivity index (χ1) is 9.94. The van der Waals surface area contributed by atoms with Crippen molar-refractivity contribution in [3.63, 3.8) is 0 Å². The predicted molar refractivity (Wildman–Crippen MR) is 82.8 cm³/mol. The Morgan fingerprint density at radius 2 is 2.36 bits per heavy atom. The summed E-state index contributed by atoms with van der Waals surface area (Å²) in [6.07, 6.45) is 0. The first-order valence-electron chi connectivity index (χ1n) is 6.21. The number of fused-ring (bicyclic) bond motifs is 1. The van der Waals surface area contributed by atoms with Gasteiger partial charge in [-0.1, -0.05) is 11.8 Å². The van der Waals surface area contributed by atoms with Gasteiger partial charge in [-0.15, -0.1) is 29.3 Å². The maximum Gasteiger partial charge on any atom is 0.313 e. The molecule has 22 heavy (non-hydrogen) atoms. The van der Waals surface area contributed by atoms with Crippen LogP contribution in [-0.2, 0) is 16.6 Å². The molecule has 0 spiro atoms. The van der Waals surface area contributed by atoms with Gasteiger partial charge in [0.25, 0.3) is 0 Å². The van der Waals surface area contributed by atoms with Crippen molar-refractivity contribution >= 4 is 47.8 Å². The van der Waals surface area contributed by atoms with E-state index in [1.165, 1.54) is 28.2 Å². The van der Waals surface area contributed by atoms with Crippen molar-refractivity contribution in [1.82, 2.24) is 25.1 Å². The number of thioether (sulfide) groups is 2. The zero-order valence-corrected chi connectivity index (χ0v) is 14.0. The molecule has 2 unspecified atom stereocenters. The van der Waals surface area contributed by atoms with Gasteiger partial charge >= 0.3 is 5.97 Å². The number of nitrogens with two attached hydrogens (primary N) is 1. The Balaban J connectivity index is 0.00000176. The van der Waals surface area contributed by atoms with Crippen LogP contribution in [0.25, 0.3) is 0 Å². The molecule has 0 aliphatic carbocycles. The summed E-state index contributed by atoms with van der Waals surface area (Å²) in [5.74, 6) is -0.370. The van der Waals surface area contributed by atoms with E-state index in [2.05, 4.69) is 15.5 Å². The van der Waals surface area contributed by atoms with Gasteiger partial charge in [-0.05, 0) is 10.4 Å². The lowest BCUT2D eigenvalue weighted by Gasteiger charge is -2.52. The number of aromatic nitrogens is 4. The molecule has 12 heteroatoms. The smallest absolute Gasteiger partial charge is 0.313 e. The normalized spacial score (nSPS) is 30.3. The molecule has 0 aromatic carbocycles. The minimum Gasteiger partial charge on any atom is -0.481 e.